The standard InChI is InChI=1S/C11H23N3OS/c1-2-12-4-3-11(15)13-5-6-14-7-9-16-10-8-14/h12H,2-10H2,1H3,(H,13,15). The largest absolute Gasteiger partial charge is 0.355 e. The van der Waals surface area contributed by atoms with Gasteiger partial charge in [0.1, 0.15) is 0 Å². The lowest BCUT2D eigenvalue weighted by Gasteiger charge is -2.25. The number of hydrogen-bond donors (Lipinski definition) is 2. The predicted octanol–water partition coefficient (Wildman–Crippen LogP) is 0.151. The lowest BCUT2D eigenvalue weighted by atomic mass is 10.4. The fourth-order valence-corrected chi connectivity index (χ4v) is 2.62. The van der Waals surface area contributed by atoms with Gasteiger partial charge in [-0.15, -0.1) is 0 Å². The minimum Gasteiger partial charge on any atom is -0.355 e. The Morgan fingerprint density at radius 3 is 2.75 bits per heavy atom. The van der Waals surface area contributed by atoms with Gasteiger partial charge >= 0.3 is 0 Å². The smallest absolute Gasteiger partial charge is 0.221 e. The van der Waals surface area contributed by atoms with Crippen LogP contribution in [0.3, 0.4) is 0 Å². The first-order chi connectivity index (χ1) is 7.83. The van der Waals surface area contributed by atoms with Gasteiger partial charge in [0.2, 0.25) is 5.91 Å². The maximum Gasteiger partial charge on any atom is 0.221 e. The summed E-state index contributed by atoms with van der Waals surface area (Å²) >= 11 is 2.01. The molecule has 0 saturated carbocycles. The van der Waals surface area contributed by atoms with Gasteiger partial charge in [-0.05, 0) is 6.54 Å². The summed E-state index contributed by atoms with van der Waals surface area (Å²) in [7, 11) is 0. The van der Waals surface area contributed by atoms with Gasteiger partial charge in [-0.1, -0.05) is 6.92 Å². The highest BCUT2D eigenvalue weighted by Gasteiger charge is 2.09. The van der Waals surface area contributed by atoms with Crippen LogP contribution in [0.25, 0.3) is 0 Å². The number of amides is 1. The maximum absolute atomic E-state index is 11.4. The summed E-state index contributed by atoms with van der Waals surface area (Å²) in [6.45, 7) is 7.87. The van der Waals surface area contributed by atoms with E-state index in [1.165, 1.54) is 11.5 Å². The molecule has 0 aromatic carbocycles. The minimum atomic E-state index is 0.160. The highest BCUT2D eigenvalue weighted by atomic mass is 32.2. The van der Waals surface area contributed by atoms with Crippen LogP contribution in [0, 0.1) is 0 Å². The normalized spacial score (nSPS) is 17.3. The SMILES string of the molecule is CCNCCC(=O)NCCN1CCSCC1. The van der Waals surface area contributed by atoms with Crippen molar-refractivity contribution in [1.29, 1.82) is 0 Å². The first-order valence-corrected chi connectivity index (χ1v) is 7.26. The topological polar surface area (TPSA) is 44.4 Å². The van der Waals surface area contributed by atoms with Gasteiger partial charge in [-0.3, -0.25) is 9.69 Å². The lowest BCUT2D eigenvalue weighted by Crippen LogP contribution is -2.39. The average molecular weight is 245 g/mol. The van der Waals surface area contributed by atoms with Crippen molar-refractivity contribution in [3.8, 4) is 0 Å². The Morgan fingerprint density at radius 1 is 1.31 bits per heavy atom. The third-order valence-corrected chi connectivity index (χ3v) is 3.58. The molecule has 0 bridgehead atoms. The molecule has 0 aromatic heterocycles. The monoisotopic (exact) mass is 245 g/mol. The molecule has 0 radical (unpaired) electrons. The van der Waals surface area contributed by atoms with Crippen molar-refractivity contribution in [2.24, 2.45) is 0 Å². The molecule has 0 spiro atoms. The van der Waals surface area contributed by atoms with E-state index in [1.807, 2.05) is 18.7 Å². The van der Waals surface area contributed by atoms with E-state index in [0.717, 1.165) is 39.3 Å². The number of rotatable bonds is 7. The summed E-state index contributed by atoms with van der Waals surface area (Å²) in [6, 6.07) is 0. The van der Waals surface area contributed by atoms with E-state index in [2.05, 4.69) is 15.5 Å². The Morgan fingerprint density at radius 2 is 2.06 bits per heavy atom. The Labute approximate surface area is 103 Å². The van der Waals surface area contributed by atoms with Crippen LogP contribution in [0.2, 0.25) is 0 Å². The van der Waals surface area contributed by atoms with Gasteiger partial charge in [0, 0.05) is 50.7 Å². The number of carbonyl (C=O) groups is 1. The molecule has 94 valence electrons. The van der Waals surface area contributed by atoms with Gasteiger partial charge in [0.25, 0.3) is 0 Å². The number of carbonyl (C=O) groups excluding carboxylic acids is 1. The fourth-order valence-electron chi connectivity index (χ4n) is 1.65. The highest BCUT2D eigenvalue weighted by Crippen LogP contribution is 2.07. The molecule has 1 fully saturated rings. The van der Waals surface area contributed by atoms with Crippen LogP contribution in [-0.4, -0.2) is 61.6 Å². The van der Waals surface area contributed by atoms with Crippen LogP contribution >= 0.6 is 11.8 Å². The van der Waals surface area contributed by atoms with Gasteiger partial charge in [0.05, 0.1) is 0 Å². The van der Waals surface area contributed by atoms with Crippen LogP contribution in [0.5, 0.6) is 0 Å². The van der Waals surface area contributed by atoms with Crippen LogP contribution in [0.1, 0.15) is 13.3 Å². The Bertz CT molecular complexity index is 196. The van der Waals surface area contributed by atoms with Crippen LogP contribution < -0.4 is 10.6 Å². The van der Waals surface area contributed by atoms with Crippen LogP contribution in [0.15, 0.2) is 0 Å². The van der Waals surface area contributed by atoms with Crippen LogP contribution in [0.4, 0.5) is 0 Å². The van der Waals surface area contributed by atoms with Gasteiger partial charge < -0.3 is 10.6 Å². The van der Waals surface area contributed by atoms with Crippen molar-refractivity contribution in [3.63, 3.8) is 0 Å². The second kappa shape index (κ2) is 8.84. The molecular formula is C11H23N3OS. The Balaban J connectivity index is 1.94. The first-order valence-electron chi connectivity index (χ1n) is 6.10. The Kier molecular flexibility index (Phi) is 7.63. The average Bonchev–Trinajstić information content (AvgIpc) is 2.31. The third-order valence-electron chi connectivity index (χ3n) is 2.63. The van der Waals surface area contributed by atoms with E-state index in [0.29, 0.717) is 6.42 Å². The van der Waals surface area contributed by atoms with E-state index >= 15 is 0 Å². The first kappa shape index (κ1) is 13.8. The second-order valence-electron chi connectivity index (χ2n) is 3.91. The van der Waals surface area contributed by atoms with E-state index in [4.69, 9.17) is 0 Å². The predicted molar refractivity (Wildman–Crippen MR) is 69.9 cm³/mol. The summed E-state index contributed by atoms with van der Waals surface area (Å²) in [5.41, 5.74) is 0. The van der Waals surface area contributed by atoms with Gasteiger partial charge in [-0.25, -0.2) is 0 Å². The molecule has 1 saturated heterocycles. The number of hydrogen-bond acceptors (Lipinski definition) is 4. The fraction of sp³-hybridized carbons (Fsp3) is 0.909. The summed E-state index contributed by atoms with van der Waals surface area (Å²) in [5.74, 6) is 2.62. The zero-order valence-electron chi connectivity index (χ0n) is 10.1. The quantitative estimate of drug-likeness (QED) is 0.627. The van der Waals surface area contributed by atoms with Gasteiger partial charge in [0.15, 0.2) is 0 Å². The van der Waals surface area contributed by atoms with E-state index in [1.54, 1.807) is 0 Å². The summed E-state index contributed by atoms with van der Waals surface area (Å²) in [4.78, 5) is 13.8. The number of nitrogens with zero attached hydrogens (tertiary/aromatic N) is 1. The van der Waals surface area contributed by atoms with Crippen molar-refractivity contribution in [3.05, 3.63) is 0 Å². The molecule has 4 nitrogen and oxygen atoms in total. The summed E-state index contributed by atoms with van der Waals surface area (Å²) in [6.07, 6.45) is 0.587. The highest BCUT2D eigenvalue weighted by molar-refractivity contribution is 7.99. The maximum atomic E-state index is 11.4. The molecule has 0 aromatic rings. The molecule has 0 unspecified atom stereocenters. The molecule has 1 aliphatic rings. The number of thioether (sulfide) groups is 1. The molecular weight excluding hydrogens is 222 g/mol. The summed E-state index contributed by atoms with van der Waals surface area (Å²) in [5, 5.41) is 6.11. The molecule has 1 rings (SSSR count). The molecule has 1 aliphatic heterocycles. The third kappa shape index (κ3) is 6.35. The molecule has 0 atom stereocenters. The second-order valence-corrected chi connectivity index (χ2v) is 5.13. The van der Waals surface area contributed by atoms with E-state index in [-0.39, 0.29) is 5.91 Å². The molecule has 5 heteroatoms. The van der Waals surface area contributed by atoms with E-state index in [9.17, 15) is 4.79 Å². The van der Waals surface area contributed by atoms with Crippen molar-refractivity contribution in [2.75, 3.05) is 50.8 Å². The zero-order valence-corrected chi connectivity index (χ0v) is 10.9. The lowest BCUT2D eigenvalue weighted by molar-refractivity contribution is -0.121. The van der Waals surface area contributed by atoms with Gasteiger partial charge in [-0.2, -0.15) is 11.8 Å². The Hall–Kier alpha value is -0.260. The van der Waals surface area contributed by atoms with Crippen molar-refractivity contribution < 1.29 is 4.79 Å². The molecule has 2 N–H and O–H groups in total. The molecule has 1 amide bonds. The van der Waals surface area contributed by atoms with Crippen LogP contribution in [-0.2, 0) is 4.79 Å². The van der Waals surface area contributed by atoms with Crippen molar-refractivity contribution in [1.82, 2.24) is 15.5 Å². The summed E-state index contributed by atoms with van der Waals surface area (Å²) < 4.78 is 0. The van der Waals surface area contributed by atoms with Crippen molar-refractivity contribution >= 4 is 17.7 Å². The minimum absolute atomic E-state index is 0.160. The zero-order chi connectivity index (χ0) is 11.6. The molecule has 1 heterocycles. The van der Waals surface area contributed by atoms with E-state index < -0.39 is 0 Å². The molecule has 0 aliphatic carbocycles. The number of nitrogens with one attached hydrogen (secondary N) is 2. The van der Waals surface area contributed by atoms with Crippen molar-refractivity contribution in [2.45, 2.75) is 13.3 Å². The molecule has 16 heavy (non-hydrogen) atoms.